The lowest BCUT2D eigenvalue weighted by atomic mass is 9.93. The summed E-state index contributed by atoms with van der Waals surface area (Å²) in [5.41, 5.74) is 1.65. The zero-order chi connectivity index (χ0) is 27.7. The number of carbonyl (C=O) groups is 1. The topological polar surface area (TPSA) is 123 Å². The molecule has 0 spiro atoms. The SMILES string of the molecule is CC(C)(C)c1cc(NC(=O)Nc2cc3ncc(C#Cc4ccc(OCCN5CC6CCC5C6)cn4)cn3n2)no1. The van der Waals surface area contributed by atoms with Crippen LogP contribution in [0.5, 0.6) is 5.75 Å². The van der Waals surface area contributed by atoms with Crippen LogP contribution in [0.2, 0.25) is 0 Å². The first-order valence-corrected chi connectivity index (χ1v) is 13.5. The molecule has 2 atom stereocenters. The molecule has 0 aromatic carbocycles. The van der Waals surface area contributed by atoms with Gasteiger partial charge in [-0.1, -0.05) is 31.8 Å². The Morgan fingerprint density at radius 3 is 2.73 bits per heavy atom. The van der Waals surface area contributed by atoms with Crippen molar-refractivity contribution in [1.82, 2.24) is 29.6 Å². The second-order valence-electron chi connectivity index (χ2n) is 11.4. The Morgan fingerprint density at radius 1 is 1.12 bits per heavy atom. The number of aromatic nitrogens is 5. The molecule has 1 aliphatic carbocycles. The van der Waals surface area contributed by atoms with Crippen molar-refractivity contribution >= 4 is 23.3 Å². The molecule has 1 saturated carbocycles. The van der Waals surface area contributed by atoms with E-state index in [1.54, 1.807) is 35.2 Å². The fraction of sp³-hybridized carbons (Fsp3) is 0.414. The van der Waals surface area contributed by atoms with E-state index in [0.29, 0.717) is 40.9 Å². The maximum absolute atomic E-state index is 12.4. The van der Waals surface area contributed by atoms with Crippen LogP contribution < -0.4 is 15.4 Å². The molecule has 1 aliphatic heterocycles. The first kappa shape index (κ1) is 25.8. The Bertz CT molecular complexity index is 1570. The highest BCUT2D eigenvalue weighted by atomic mass is 16.5. The van der Waals surface area contributed by atoms with Gasteiger partial charge in [-0.3, -0.25) is 15.5 Å². The molecule has 1 saturated heterocycles. The van der Waals surface area contributed by atoms with Crippen LogP contribution in [0.25, 0.3) is 5.65 Å². The average molecular weight is 541 g/mol. The van der Waals surface area contributed by atoms with Crippen molar-refractivity contribution in [2.45, 2.75) is 51.5 Å². The molecule has 2 fully saturated rings. The van der Waals surface area contributed by atoms with Gasteiger partial charge >= 0.3 is 6.03 Å². The minimum Gasteiger partial charge on any atom is -0.491 e. The number of fused-ring (bicyclic) bond motifs is 3. The van der Waals surface area contributed by atoms with E-state index >= 15 is 0 Å². The molecule has 11 heteroatoms. The van der Waals surface area contributed by atoms with Gasteiger partial charge in [0.25, 0.3) is 0 Å². The van der Waals surface area contributed by atoms with Crippen LogP contribution in [0.15, 0.2) is 47.4 Å². The third kappa shape index (κ3) is 5.92. The molecule has 40 heavy (non-hydrogen) atoms. The molecule has 4 aromatic rings. The lowest BCUT2D eigenvalue weighted by Crippen LogP contribution is -2.35. The number of likely N-dealkylation sites (tertiary alicyclic amines) is 1. The molecule has 2 unspecified atom stereocenters. The highest BCUT2D eigenvalue weighted by Gasteiger charge is 2.37. The van der Waals surface area contributed by atoms with E-state index < -0.39 is 6.03 Å². The van der Waals surface area contributed by atoms with Crippen molar-refractivity contribution in [2.75, 3.05) is 30.3 Å². The number of nitrogens with one attached hydrogen (secondary N) is 2. The maximum Gasteiger partial charge on any atom is 0.326 e. The van der Waals surface area contributed by atoms with Crippen molar-refractivity contribution in [1.29, 1.82) is 0 Å². The highest BCUT2D eigenvalue weighted by molar-refractivity contribution is 5.98. The number of nitrogens with zero attached hydrogens (tertiary/aromatic N) is 6. The summed E-state index contributed by atoms with van der Waals surface area (Å²) in [6, 6.07) is 7.37. The van der Waals surface area contributed by atoms with Crippen molar-refractivity contribution in [2.24, 2.45) is 5.92 Å². The van der Waals surface area contributed by atoms with Crippen molar-refractivity contribution in [3.63, 3.8) is 0 Å². The number of urea groups is 1. The van der Waals surface area contributed by atoms with Crippen molar-refractivity contribution in [3.8, 4) is 17.6 Å². The Morgan fingerprint density at radius 2 is 2.00 bits per heavy atom. The first-order valence-electron chi connectivity index (χ1n) is 13.5. The van der Waals surface area contributed by atoms with E-state index in [1.807, 2.05) is 32.9 Å². The summed E-state index contributed by atoms with van der Waals surface area (Å²) in [6.07, 6.45) is 9.19. The molecule has 206 valence electrons. The molecule has 2 aliphatic rings. The van der Waals surface area contributed by atoms with Gasteiger partial charge in [0.2, 0.25) is 0 Å². The van der Waals surface area contributed by atoms with Gasteiger partial charge in [0.15, 0.2) is 17.3 Å². The van der Waals surface area contributed by atoms with Crippen LogP contribution in [-0.2, 0) is 5.41 Å². The molecular weight excluding hydrogens is 508 g/mol. The van der Waals surface area contributed by atoms with Crippen LogP contribution in [-0.4, -0.2) is 61.4 Å². The molecule has 2 N–H and O–H groups in total. The lowest BCUT2D eigenvalue weighted by Gasteiger charge is -2.26. The maximum atomic E-state index is 12.4. The highest BCUT2D eigenvalue weighted by Crippen LogP contribution is 2.36. The van der Waals surface area contributed by atoms with E-state index in [4.69, 9.17) is 9.26 Å². The molecule has 2 bridgehead atoms. The van der Waals surface area contributed by atoms with E-state index in [-0.39, 0.29) is 5.41 Å². The van der Waals surface area contributed by atoms with Crippen LogP contribution in [0.3, 0.4) is 0 Å². The lowest BCUT2D eigenvalue weighted by molar-refractivity contribution is 0.172. The summed E-state index contributed by atoms with van der Waals surface area (Å²) in [4.78, 5) is 23.7. The Hall–Kier alpha value is -4.43. The number of amides is 2. The van der Waals surface area contributed by atoms with Gasteiger partial charge < -0.3 is 9.26 Å². The molecule has 0 radical (unpaired) electrons. The number of rotatable bonds is 6. The van der Waals surface area contributed by atoms with Gasteiger partial charge in [-0.15, -0.1) is 5.10 Å². The van der Waals surface area contributed by atoms with Crippen LogP contribution in [0.1, 0.15) is 57.1 Å². The Labute approximate surface area is 232 Å². The number of hydrogen-bond acceptors (Lipinski definition) is 8. The normalized spacial score (nSPS) is 18.5. The minimum absolute atomic E-state index is 0.211. The van der Waals surface area contributed by atoms with Crippen molar-refractivity contribution < 1.29 is 14.1 Å². The third-order valence-electron chi connectivity index (χ3n) is 7.29. The number of anilines is 2. The van der Waals surface area contributed by atoms with Gasteiger partial charge in [0.05, 0.1) is 11.8 Å². The summed E-state index contributed by atoms with van der Waals surface area (Å²) in [6.45, 7) is 8.85. The summed E-state index contributed by atoms with van der Waals surface area (Å²) < 4.78 is 12.8. The van der Waals surface area contributed by atoms with E-state index in [0.717, 1.165) is 24.3 Å². The largest absolute Gasteiger partial charge is 0.491 e. The van der Waals surface area contributed by atoms with Gasteiger partial charge in [-0.25, -0.2) is 19.3 Å². The predicted molar refractivity (Wildman–Crippen MR) is 149 cm³/mol. The number of ether oxygens (including phenoxy) is 1. The molecule has 2 amide bonds. The summed E-state index contributed by atoms with van der Waals surface area (Å²) in [5, 5.41) is 13.6. The molecular formula is C29H32N8O3. The zero-order valence-corrected chi connectivity index (χ0v) is 22.8. The summed E-state index contributed by atoms with van der Waals surface area (Å²) in [7, 11) is 0. The Balaban J connectivity index is 1.02. The number of pyridine rings is 1. The standard InChI is InChI=1S/C29H32N8O3/c1-29(2,3)24-13-26(35-40-24)33-28(38)32-25-14-27-31-15-20(18-37(27)34-25)4-6-21-7-9-23(16-30-21)39-11-10-36-17-19-5-8-22(36)12-19/h7,9,13-16,18-19,22H,5,8,10-12,17H2,1-3H3,(H2,32,33,34,35,38). The minimum atomic E-state index is -0.487. The van der Waals surface area contributed by atoms with Gasteiger partial charge in [-0.05, 0) is 43.2 Å². The van der Waals surface area contributed by atoms with Gasteiger partial charge in [0.1, 0.15) is 23.8 Å². The zero-order valence-electron chi connectivity index (χ0n) is 22.8. The molecule has 5 heterocycles. The molecule has 6 rings (SSSR count). The monoisotopic (exact) mass is 540 g/mol. The fourth-order valence-electron chi connectivity index (χ4n) is 5.21. The van der Waals surface area contributed by atoms with E-state index in [9.17, 15) is 4.79 Å². The predicted octanol–water partition coefficient (Wildman–Crippen LogP) is 4.32. The second-order valence-corrected chi connectivity index (χ2v) is 11.4. The quantitative estimate of drug-likeness (QED) is 0.347. The van der Waals surface area contributed by atoms with Crippen molar-refractivity contribution in [3.05, 3.63) is 59.9 Å². The third-order valence-corrected chi connectivity index (χ3v) is 7.29. The summed E-state index contributed by atoms with van der Waals surface area (Å²) >= 11 is 0. The number of hydrogen-bond donors (Lipinski definition) is 2. The first-order chi connectivity index (χ1) is 19.3. The smallest absolute Gasteiger partial charge is 0.326 e. The molecule has 4 aromatic heterocycles. The van der Waals surface area contributed by atoms with E-state index in [1.165, 1.54) is 25.8 Å². The van der Waals surface area contributed by atoms with Crippen LogP contribution >= 0.6 is 0 Å². The number of carbonyl (C=O) groups excluding carboxylic acids is 1. The second kappa shape index (κ2) is 10.6. The Kier molecular flexibility index (Phi) is 6.86. The van der Waals surface area contributed by atoms with E-state index in [2.05, 4.69) is 47.6 Å². The molecule has 11 nitrogen and oxygen atoms in total. The summed E-state index contributed by atoms with van der Waals surface area (Å²) in [5.74, 6) is 9.09. The van der Waals surface area contributed by atoms with Crippen LogP contribution in [0, 0.1) is 17.8 Å². The average Bonchev–Trinajstić information content (AvgIpc) is 3.72. The fourth-order valence-corrected chi connectivity index (χ4v) is 5.21. The van der Waals surface area contributed by atoms with Crippen LogP contribution in [0.4, 0.5) is 16.4 Å². The number of piperidine rings is 1. The van der Waals surface area contributed by atoms with Gasteiger partial charge in [-0.2, -0.15) is 0 Å². The van der Waals surface area contributed by atoms with Gasteiger partial charge in [0, 0.05) is 49.1 Å².